The molecule has 3 heterocycles. The minimum atomic E-state index is -1.18. The fraction of sp³-hybridized carbons (Fsp3) is 0.500. The average molecular weight is 547 g/mol. The van der Waals surface area contributed by atoms with Gasteiger partial charge in [-0.05, 0) is 18.4 Å². The fourth-order valence-electron chi connectivity index (χ4n) is 5.73. The van der Waals surface area contributed by atoms with E-state index >= 15 is 0 Å². The molecule has 6 atom stereocenters. The highest BCUT2D eigenvalue weighted by molar-refractivity contribution is 9.09. The first kappa shape index (κ1) is 25.6. The van der Waals surface area contributed by atoms with Gasteiger partial charge >= 0.3 is 5.97 Å². The highest BCUT2D eigenvalue weighted by Gasteiger charge is 2.77. The van der Waals surface area contributed by atoms with Crippen molar-refractivity contribution in [1.29, 1.82) is 0 Å². The summed E-state index contributed by atoms with van der Waals surface area (Å²) in [6, 6.07) is 8.59. The number of amides is 2. The molecule has 1 aromatic carbocycles. The quantitative estimate of drug-likeness (QED) is 0.197. The zero-order valence-corrected chi connectivity index (χ0v) is 21.1. The topological polar surface area (TPSA) is 96.4 Å². The van der Waals surface area contributed by atoms with Crippen molar-refractivity contribution < 1.29 is 29.0 Å². The number of β-amino-alcohol motifs (C(OH)–C–C–N with tert-alkyl or cyclic N) is 1. The normalized spacial score (nSPS) is 30.7. The Morgan fingerprint density at radius 3 is 2.69 bits per heavy atom. The molecule has 0 aliphatic carbocycles. The maximum atomic E-state index is 14.1. The molecule has 1 spiro atoms. The summed E-state index contributed by atoms with van der Waals surface area (Å²) in [6.07, 6.45) is 3.62. The van der Waals surface area contributed by atoms with Crippen LogP contribution in [0.3, 0.4) is 0 Å². The molecular formula is C26H31BrN2O6. The number of likely N-dealkylation sites (tertiary alicyclic amines) is 1. The van der Waals surface area contributed by atoms with Gasteiger partial charge in [-0.15, -0.1) is 13.2 Å². The Bertz CT molecular complexity index is 987. The van der Waals surface area contributed by atoms with Crippen LogP contribution in [0.25, 0.3) is 0 Å². The van der Waals surface area contributed by atoms with Crippen LogP contribution in [-0.2, 0) is 30.4 Å². The Morgan fingerprint density at radius 2 is 2.03 bits per heavy atom. The summed E-state index contributed by atoms with van der Waals surface area (Å²) < 4.78 is 11.8. The molecule has 3 unspecified atom stereocenters. The Labute approximate surface area is 213 Å². The van der Waals surface area contributed by atoms with E-state index in [0.29, 0.717) is 19.4 Å². The number of aliphatic hydroxyl groups is 1. The smallest absolute Gasteiger partial charge is 0.312 e. The van der Waals surface area contributed by atoms with Gasteiger partial charge in [0, 0.05) is 24.5 Å². The van der Waals surface area contributed by atoms with Crippen molar-refractivity contribution in [3.63, 3.8) is 0 Å². The van der Waals surface area contributed by atoms with Gasteiger partial charge in [0.15, 0.2) is 0 Å². The van der Waals surface area contributed by atoms with Gasteiger partial charge in [0.1, 0.15) is 11.6 Å². The molecule has 0 saturated carbocycles. The third-order valence-electron chi connectivity index (χ3n) is 7.08. The molecule has 3 fully saturated rings. The first-order valence-electron chi connectivity index (χ1n) is 11.8. The number of hydrogen-bond donors (Lipinski definition) is 1. The van der Waals surface area contributed by atoms with Gasteiger partial charge < -0.3 is 24.4 Å². The van der Waals surface area contributed by atoms with E-state index < -0.39 is 35.6 Å². The summed E-state index contributed by atoms with van der Waals surface area (Å²) in [5.41, 5.74) is -0.242. The largest absolute Gasteiger partial charge is 0.465 e. The van der Waals surface area contributed by atoms with Crippen LogP contribution in [-0.4, -0.2) is 81.6 Å². The molecule has 9 heteroatoms. The van der Waals surface area contributed by atoms with Crippen molar-refractivity contribution in [3.05, 3.63) is 61.2 Å². The van der Waals surface area contributed by atoms with Crippen LogP contribution in [0.2, 0.25) is 0 Å². The standard InChI is InChI=1S/C26H31BrN2O6/c1-3-5-14-34-25(33)19-20-23(31)29(12-13-30)22(26(20)15-18(27)21(19)35-26)24(32)28(11-4-2)16-17-9-7-6-8-10-17/h3-4,6-10,18-22,30H,1-2,5,11-16H2/t18?,19-,20-,21-,22?,26?/m0/s1. The van der Waals surface area contributed by atoms with Crippen LogP contribution < -0.4 is 0 Å². The number of nitrogens with zero attached hydrogens (tertiary/aromatic N) is 2. The SMILES string of the molecule is C=CCCOC(=O)[C@H]1[C@H]2C(=O)N(CCO)C(C(=O)N(CC=C)Cc3ccccc3)C23CC(Br)[C@@H]1O3. The maximum Gasteiger partial charge on any atom is 0.312 e. The van der Waals surface area contributed by atoms with Crippen LogP contribution in [0.4, 0.5) is 0 Å². The van der Waals surface area contributed by atoms with Gasteiger partial charge in [0.2, 0.25) is 11.8 Å². The lowest BCUT2D eigenvalue weighted by Crippen LogP contribution is -2.56. The molecule has 4 rings (SSSR count). The molecule has 35 heavy (non-hydrogen) atoms. The number of ether oxygens (including phenoxy) is 2. The van der Waals surface area contributed by atoms with Crippen LogP contribution in [0, 0.1) is 11.8 Å². The fourth-order valence-corrected chi connectivity index (χ4v) is 6.67. The summed E-state index contributed by atoms with van der Waals surface area (Å²) in [5, 5.41) is 9.74. The zero-order chi connectivity index (χ0) is 25.2. The number of benzene rings is 1. The Kier molecular flexibility index (Phi) is 7.78. The first-order valence-corrected chi connectivity index (χ1v) is 12.8. The number of rotatable bonds is 11. The van der Waals surface area contributed by atoms with Crippen LogP contribution in [0.1, 0.15) is 18.4 Å². The van der Waals surface area contributed by atoms with E-state index in [1.807, 2.05) is 30.3 Å². The number of hydrogen-bond acceptors (Lipinski definition) is 6. The second-order valence-electron chi connectivity index (χ2n) is 9.16. The number of aliphatic hydroxyl groups excluding tert-OH is 1. The van der Waals surface area contributed by atoms with Crippen molar-refractivity contribution in [1.82, 2.24) is 9.80 Å². The number of fused-ring (bicyclic) bond motifs is 1. The van der Waals surface area contributed by atoms with E-state index in [2.05, 4.69) is 29.1 Å². The third kappa shape index (κ3) is 4.45. The number of carbonyl (C=O) groups excluding carboxylic acids is 3. The van der Waals surface area contributed by atoms with Crippen molar-refractivity contribution in [2.24, 2.45) is 11.8 Å². The first-order chi connectivity index (χ1) is 16.9. The zero-order valence-electron chi connectivity index (χ0n) is 19.6. The molecular weight excluding hydrogens is 516 g/mol. The van der Waals surface area contributed by atoms with Gasteiger partial charge in [0.05, 0.1) is 31.2 Å². The Hall–Kier alpha value is -2.49. The molecule has 188 valence electrons. The van der Waals surface area contributed by atoms with E-state index in [0.717, 1.165) is 5.56 Å². The molecule has 8 nitrogen and oxygen atoms in total. The molecule has 3 aliphatic heterocycles. The Balaban J connectivity index is 1.69. The Morgan fingerprint density at radius 1 is 1.29 bits per heavy atom. The van der Waals surface area contributed by atoms with Gasteiger partial charge in [-0.2, -0.15) is 0 Å². The van der Waals surface area contributed by atoms with Crippen LogP contribution >= 0.6 is 15.9 Å². The summed E-state index contributed by atoms with van der Waals surface area (Å²) in [4.78, 5) is 43.6. The van der Waals surface area contributed by atoms with Crippen molar-refractivity contribution in [2.75, 3.05) is 26.3 Å². The summed E-state index contributed by atoms with van der Waals surface area (Å²) in [5.74, 6) is -2.83. The van der Waals surface area contributed by atoms with Gasteiger partial charge in [-0.1, -0.05) is 58.4 Å². The van der Waals surface area contributed by atoms with Crippen LogP contribution in [0.5, 0.6) is 0 Å². The second-order valence-corrected chi connectivity index (χ2v) is 10.3. The molecule has 3 aliphatic rings. The molecule has 3 saturated heterocycles. The maximum absolute atomic E-state index is 14.1. The number of halogens is 1. The number of carbonyl (C=O) groups is 3. The molecule has 1 N–H and O–H groups in total. The molecule has 2 amide bonds. The number of alkyl halides is 1. The minimum Gasteiger partial charge on any atom is -0.465 e. The summed E-state index contributed by atoms with van der Waals surface area (Å²) in [7, 11) is 0. The van der Waals surface area contributed by atoms with Crippen LogP contribution in [0.15, 0.2) is 55.6 Å². The molecule has 1 aromatic rings. The van der Waals surface area contributed by atoms with E-state index in [1.54, 1.807) is 17.1 Å². The van der Waals surface area contributed by atoms with E-state index in [4.69, 9.17) is 9.47 Å². The predicted octanol–water partition coefficient (Wildman–Crippen LogP) is 2.06. The summed E-state index contributed by atoms with van der Waals surface area (Å²) in [6.45, 7) is 7.87. The van der Waals surface area contributed by atoms with Crippen molar-refractivity contribution >= 4 is 33.7 Å². The minimum absolute atomic E-state index is 0.0278. The average Bonchev–Trinajstić information content (AvgIpc) is 3.43. The highest BCUT2D eigenvalue weighted by Crippen LogP contribution is 2.60. The number of esters is 1. The molecule has 0 aromatic heterocycles. The third-order valence-corrected chi connectivity index (χ3v) is 7.92. The predicted molar refractivity (Wildman–Crippen MR) is 132 cm³/mol. The molecule has 2 bridgehead atoms. The van der Waals surface area contributed by atoms with E-state index in [9.17, 15) is 19.5 Å². The highest BCUT2D eigenvalue weighted by atomic mass is 79.9. The monoisotopic (exact) mass is 546 g/mol. The lowest BCUT2D eigenvalue weighted by molar-refractivity contribution is -0.155. The van der Waals surface area contributed by atoms with Gasteiger partial charge in [-0.3, -0.25) is 14.4 Å². The van der Waals surface area contributed by atoms with Crippen molar-refractivity contribution in [2.45, 2.75) is 42.0 Å². The second kappa shape index (κ2) is 10.6. The lowest BCUT2D eigenvalue weighted by atomic mass is 9.70. The van der Waals surface area contributed by atoms with E-state index in [-0.39, 0.29) is 42.9 Å². The van der Waals surface area contributed by atoms with E-state index in [1.165, 1.54) is 4.90 Å². The summed E-state index contributed by atoms with van der Waals surface area (Å²) >= 11 is 3.63. The van der Waals surface area contributed by atoms with Gasteiger partial charge in [-0.25, -0.2) is 0 Å². The van der Waals surface area contributed by atoms with Crippen molar-refractivity contribution in [3.8, 4) is 0 Å². The lowest BCUT2D eigenvalue weighted by Gasteiger charge is -2.37. The molecule has 0 radical (unpaired) electrons. The van der Waals surface area contributed by atoms with Gasteiger partial charge in [0.25, 0.3) is 0 Å².